The van der Waals surface area contributed by atoms with Gasteiger partial charge in [0.15, 0.2) is 5.84 Å². The molecule has 142 valence electrons. The first-order chi connectivity index (χ1) is 13.8. The monoisotopic (exact) mass is 389 g/mol. The molecule has 0 spiro atoms. The van der Waals surface area contributed by atoms with Crippen LogP contribution in [-0.2, 0) is 6.42 Å². The topological polar surface area (TPSA) is 52.6 Å². The van der Waals surface area contributed by atoms with Gasteiger partial charge in [-0.2, -0.15) is 0 Å². The molecule has 2 aromatic carbocycles. The predicted octanol–water partition coefficient (Wildman–Crippen LogP) is 4.10. The number of thiazole rings is 1. The molecule has 0 bridgehead atoms. The van der Waals surface area contributed by atoms with Gasteiger partial charge in [-0.05, 0) is 31.0 Å². The summed E-state index contributed by atoms with van der Waals surface area (Å²) >= 11 is 1.69. The number of hydrogen-bond acceptors (Lipinski definition) is 6. The number of benzene rings is 2. The molecular formula is C22H23N5S. The zero-order valence-electron chi connectivity index (χ0n) is 15.9. The lowest BCUT2D eigenvalue weighted by molar-refractivity contribution is 0.290. The number of para-hydroxylation sites is 2. The number of fused-ring (bicyclic) bond motifs is 2. The van der Waals surface area contributed by atoms with Gasteiger partial charge in [0.25, 0.3) is 0 Å². The molecule has 28 heavy (non-hydrogen) atoms. The van der Waals surface area contributed by atoms with Crippen LogP contribution in [0.4, 0.5) is 16.4 Å². The van der Waals surface area contributed by atoms with Crippen LogP contribution in [-0.4, -0.2) is 41.4 Å². The summed E-state index contributed by atoms with van der Waals surface area (Å²) in [6, 6.07) is 19.3. The van der Waals surface area contributed by atoms with E-state index in [1.807, 2.05) is 12.1 Å². The Morgan fingerprint density at radius 1 is 1.11 bits per heavy atom. The van der Waals surface area contributed by atoms with Crippen LogP contribution in [0.3, 0.4) is 0 Å². The lowest BCUT2D eigenvalue weighted by Crippen LogP contribution is -2.53. The molecule has 1 aromatic heterocycles. The number of amidine groups is 1. The molecule has 1 fully saturated rings. The summed E-state index contributed by atoms with van der Waals surface area (Å²) < 4.78 is 0. The summed E-state index contributed by atoms with van der Waals surface area (Å²) in [7, 11) is 0. The third-order valence-electron chi connectivity index (χ3n) is 5.20. The molecule has 0 amide bonds. The second-order valence-corrected chi connectivity index (χ2v) is 8.48. The summed E-state index contributed by atoms with van der Waals surface area (Å²) in [5, 5.41) is 9.35. The highest BCUT2D eigenvalue weighted by molar-refractivity contribution is 7.16. The molecule has 0 saturated carbocycles. The van der Waals surface area contributed by atoms with Crippen molar-refractivity contribution >= 4 is 33.5 Å². The Kier molecular flexibility index (Phi) is 4.58. The molecule has 0 radical (unpaired) electrons. The van der Waals surface area contributed by atoms with Gasteiger partial charge in [-0.25, -0.2) is 9.98 Å². The normalized spacial score (nSPS) is 18.5. The van der Waals surface area contributed by atoms with Gasteiger partial charge in [0.1, 0.15) is 10.7 Å². The first kappa shape index (κ1) is 17.4. The van der Waals surface area contributed by atoms with Crippen molar-refractivity contribution in [1.82, 2.24) is 15.2 Å². The van der Waals surface area contributed by atoms with Crippen LogP contribution in [0.5, 0.6) is 0 Å². The van der Waals surface area contributed by atoms with Crippen LogP contribution in [0.1, 0.15) is 16.3 Å². The van der Waals surface area contributed by atoms with Crippen LogP contribution in [0.15, 0.2) is 59.6 Å². The summed E-state index contributed by atoms with van der Waals surface area (Å²) in [6.45, 7) is 4.86. The highest BCUT2D eigenvalue weighted by Gasteiger charge is 2.28. The zero-order valence-corrected chi connectivity index (χ0v) is 16.7. The first-order valence-electron chi connectivity index (χ1n) is 9.71. The molecular weight excluding hydrogens is 366 g/mol. The van der Waals surface area contributed by atoms with Crippen molar-refractivity contribution in [1.29, 1.82) is 0 Å². The lowest BCUT2D eigenvalue weighted by Gasteiger charge is -2.35. The van der Waals surface area contributed by atoms with Crippen LogP contribution in [0, 0.1) is 6.92 Å². The predicted molar refractivity (Wildman–Crippen MR) is 116 cm³/mol. The van der Waals surface area contributed by atoms with Crippen molar-refractivity contribution in [2.24, 2.45) is 4.99 Å². The molecule has 6 heteroatoms. The molecule has 2 aliphatic heterocycles. The van der Waals surface area contributed by atoms with Crippen molar-refractivity contribution in [3.05, 3.63) is 70.9 Å². The molecule has 2 N–H and O–H groups in total. The van der Waals surface area contributed by atoms with Gasteiger partial charge in [0, 0.05) is 25.7 Å². The van der Waals surface area contributed by atoms with Crippen molar-refractivity contribution < 1.29 is 0 Å². The third kappa shape index (κ3) is 3.41. The van der Waals surface area contributed by atoms with E-state index in [1.54, 1.807) is 11.3 Å². The maximum atomic E-state index is 5.06. The molecule has 0 aliphatic carbocycles. The summed E-state index contributed by atoms with van der Waals surface area (Å²) in [6.07, 6.45) is 1.02. The molecule has 2 aliphatic rings. The number of nitrogens with one attached hydrogen (secondary N) is 2. The second-order valence-electron chi connectivity index (χ2n) is 7.27. The Morgan fingerprint density at radius 2 is 1.93 bits per heavy atom. The minimum Gasteiger partial charge on any atom is -0.352 e. The number of aryl methyl sites for hydroxylation is 1. The van der Waals surface area contributed by atoms with Gasteiger partial charge in [-0.3, -0.25) is 0 Å². The van der Waals surface area contributed by atoms with Gasteiger partial charge in [0.2, 0.25) is 0 Å². The number of anilines is 2. The van der Waals surface area contributed by atoms with Crippen LogP contribution in [0.25, 0.3) is 0 Å². The Balaban J connectivity index is 1.47. The summed E-state index contributed by atoms with van der Waals surface area (Å²) in [5.74, 6) is 0.983. The van der Waals surface area contributed by atoms with Gasteiger partial charge in [0.05, 0.1) is 16.4 Å². The molecule has 1 saturated heterocycles. The van der Waals surface area contributed by atoms with Gasteiger partial charge in [-0.1, -0.05) is 42.5 Å². The Hall–Kier alpha value is -2.70. The maximum Gasteiger partial charge on any atom is 0.158 e. The fourth-order valence-corrected chi connectivity index (χ4v) is 4.73. The smallest absolute Gasteiger partial charge is 0.158 e. The van der Waals surface area contributed by atoms with Crippen LogP contribution in [0.2, 0.25) is 0 Å². The number of hydrogen-bond donors (Lipinski definition) is 2. The quantitative estimate of drug-likeness (QED) is 0.693. The van der Waals surface area contributed by atoms with E-state index in [0.29, 0.717) is 6.04 Å². The fourth-order valence-electron chi connectivity index (χ4n) is 3.90. The van der Waals surface area contributed by atoms with Gasteiger partial charge >= 0.3 is 0 Å². The van der Waals surface area contributed by atoms with E-state index < -0.39 is 0 Å². The third-order valence-corrected chi connectivity index (χ3v) is 6.09. The zero-order chi connectivity index (χ0) is 18.9. The fraction of sp³-hybridized carbons (Fsp3) is 0.273. The average Bonchev–Trinajstić information content (AvgIpc) is 3.00. The SMILES string of the molecule is Cc1nc2c(s1)Nc1ccccc1N=C2N1CCN[C@@H](Cc2ccccc2)C1. The minimum atomic E-state index is 0.397. The molecule has 3 aromatic rings. The number of nitrogens with zero attached hydrogens (tertiary/aromatic N) is 3. The van der Waals surface area contributed by atoms with E-state index in [-0.39, 0.29) is 0 Å². The number of piperazine rings is 1. The second kappa shape index (κ2) is 7.37. The largest absolute Gasteiger partial charge is 0.352 e. The molecule has 0 unspecified atom stereocenters. The standard InChI is InChI=1S/C22H23N5S/c1-15-24-20-21(25-18-9-5-6-10-19(18)26-22(20)28-15)27-12-11-23-17(14-27)13-16-7-3-2-4-8-16/h2-10,17,23,26H,11-14H2,1H3/t17-/m0/s1. The average molecular weight is 390 g/mol. The van der Waals surface area contributed by atoms with Crippen LogP contribution >= 0.6 is 11.3 Å². The number of rotatable bonds is 2. The van der Waals surface area contributed by atoms with Crippen molar-refractivity contribution in [3.63, 3.8) is 0 Å². The summed E-state index contributed by atoms with van der Waals surface area (Å²) in [5.41, 5.74) is 4.35. The van der Waals surface area contributed by atoms with E-state index in [0.717, 1.165) is 59.0 Å². The van der Waals surface area contributed by atoms with E-state index >= 15 is 0 Å². The van der Waals surface area contributed by atoms with Crippen molar-refractivity contribution in [2.75, 3.05) is 25.0 Å². The van der Waals surface area contributed by atoms with Gasteiger partial charge < -0.3 is 15.5 Å². The van der Waals surface area contributed by atoms with E-state index in [9.17, 15) is 0 Å². The summed E-state index contributed by atoms with van der Waals surface area (Å²) in [4.78, 5) is 12.3. The Labute approximate surface area is 169 Å². The lowest BCUT2D eigenvalue weighted by atomic mass is 10.0. The molecule has 5 rings (SSSR count). The number of aliphatic imine (C=N–C) groups is 1. The highest BCUT2D eigenvalue weighted by Crippen LogP contribution is 2.37. The van der Waals surface area contributed by atoms with Crippen LogP contribution < -0.4 is 10.6 Å². The minimum absolute atomic E-state index is 0.397. The van der Waals surface area contributed by atoms with Crippen molar-refractivity contribution in [2.45, 2.75) is 19.4 Å². The van der Waals surface area contributed by atoms with E-state index in [4.69, 9.17) is 9.98 Å². The Bertz CT molecular complexity index is 1010. The van der Waals surface area contributed by atoms with E-state index in [1.165, 1.54) is 5.56 Å². The molecule has 3 heterocycles. The maximum absolute atomic E-state index is 5.06. The van der Waals surface area contributed by atoms with Crippen molar-refractivity contribution in [3.8, 4) is 0 Å². The molecule has 5 nitrogen and oxygen atoms in total. The Morgan fingerprint density at radius 3 is 2.82 bits per heavy atom. The highest BCUT2D eigenvalue weighted by atomic mass is 32.1. The van der Waals surface area contributed by atoms with E-state index in [2.05, 4.69) is 64.9 Å². The first-order valence-corrected chi connectivity index (χ1v) is 10.5. The van der Waals surface area contributed by atoms with Gasteiger partial charge in [-0.15, -0.1) is 11.3 Å². The number of aromatic nitrogens is 1. The molecule has 1 atom stereocenters.